The standard InChI is InChI=1S/C8H8O.CH3NO2/c1-7(9)8-5-3-2-4-6-8;2-1(3)4/h2-6H,1H3;2H2,(H,3,4). The molecule has 0 aliphatic heterocycles. The van der Waals surface area contributed by atoms with Gasteiger partial charge < -0.3 is 10.8 Å². The molecule has 0 unspecified atom stereocenters. The van der Waals surface area contributed by atoms with Crippen LogP contribution >= 0.6 is 0 Å². The zero-order valence-corrected chi connectivity index (χ0v) is 7.23. The molecule has 1 amide bonds. The fourth-order valence-corrected chi connectivity index (χ4v) is 0.673. The summed E-state index contributed by atoms with van der Waals surface area (Å²) in [6, 6.07) is 9.23. The summed E-state index contributed by atoms with van der Waals surface area (Å²) >= 11 is 0. The van der Waals surface area contributed by atoms with Crippen LogP contribution in [-0.2, 0) is 0 Å². The minimum atomic E-state index is -1.33. The van der Waals surface area contributed by atoms with Crippen LogP contribution in [0.25, 0.3) is 0 Å². The molecule has 1 aromatic carbocycles. The van der Waals surface area contributed by atoms with Crippen molar-refractivity contribution in [1.29, 1.82) is 0 Å². The van der Waals surface area contributed by atoms with Crippen molar-refractivity contribution >= 4 is 11.9 Å². The number of primary amides is 1. The van der Waals surface area contributed by atoms with E-state index in [1.807, 2.05) is 30.3 Å². The number of hydrogen-bond donors (Lipinski definition) is 2. The smallest absolute Gasteiger partial charge is 0.402 e. The topological polar surface area (TPSA) is 80.4 Å². The Bertz CT molecular complexity index is 278. The van der Waals surface area contributed by atoms with Crippen LogP contribution < -0.4 is 5.73 Å². The fourth-order valence-electron chi connectivity index (χ4n) is 0.673. The first-order valence-electron chi connectivity index (χ1n) is 3.58. The zero-order valence-electron chi connectivity index (χ0n) is 7.23. The van der Waals surface area contributed by atoms with E-state index in [-0.39, 0.29) is 5.78 Å². The molecule has 0 aliphatic rings. The lowest BCUT2D eigenvalue weighted by Crippen LogP contribution is -2.03. The molecular weight excluding hydrogens is 170 g/mol. The Morgan fingerprint density at radius 1 is 1.23 bits per heavy atom. The van der Waals surface area contributed by atoms with E-state index in [1.54, 1.807) is 6.92 Å². The minimum Gasteiger partial charge on any atom is -0.465 e. The molecule has 1 aromatic rings. The number of carbonyl (C=O) groups excluding carboxylic acids is 1. The van der Waals surface area contributed by atoms with Gasteiger partial charge in [0.15, 0.2) is 5.78 Å². The monoisotopic (exact) mass is 181 g/mol. The van der Waals surface area contributed by atoms with Crippen LogP contribution in [0.15, 0.2) is 30.3 Å². The maximum atomic E-state index is 10.6. The number of hydrogen-bond acceptors (Lipinski definition) is 2. The van der Waals surface area contributed by atoms with E-state index in [9.17, 15) is 4.79 Å². The maximum Gasteiger partial charge on any atom is 0.402 e. The van der Waals surface area contributed by atoms with Crippen molar-refractivity contribution in [2.24, 2.45) is 5.73 Å². The molecule has 1 rings (SSSR count). The van der Waals surface area contributed by atoms with Gasteiger partial charge in [-0.05, 0) is 6.92 Å². The van der Waals surface area contributed by atoms with E-state index < -0.39 is 6.09 Å². The second kappa shape index (κ2) is 5.77. The lowest BCUT2D eigenvalue weighted by Gasteiger charge is -1.89. The summed E-state index contributed by atoms with van der Waals surface area (Å²) in [4.78, 5) is 19.4. The molecule has 0 radical (unpaired) electrons. The van der Waals surface area contributed by atoms with Crippen LogP contribution in [0.3, 0.4) is 0 Å². The van der Waals surface area contributed by atoms with Gasteiger partial charge in [0.25, 0.3) is 0 Å². The lowest BCUT2D eigenvalue weighted by atomic mass is 10.2. The molecule has 3 N–H and O–H groups in total. The van der Waals surface area contributed by atoms with Gasteiger partial charge in [0, 0.05) is 5.56 Å². The quantitative estimate of drug-likeness (QED) is 0.644. The van der Waals surface area contributed by atoms with Gasteiger partial charge >= 0.3 is 6.09 Å². The summed E-state index contributed by atoms with van der Waals surface area (Å²) in [6.45, 7) is 1.56. The number of carbonyl (C=O) groups is 2. The highest BCUT2D eigenvalue weighted by atomic mass is 16.4. The molecule has 0 atom stereocenters. The molecule has 0 spiro atoms. The van der Waals surface area contributed by atoms with Gasteiger partial charge in [-0.25, -0.2) is 4.79 Å². The number of amides is 1. The van der Waals surface area contributed by atoms with E-state index in [0.717, 1.165) is 5.56 Å². The number of carboxylic acid groups (broad SMARTS) is 1. The first-order valence-corrected chi connectivity index (χ1v) is 3.58. The number of benzene rings is 1. The summed E-state index contributed by atoms with van der Waals surface area (Å²) in [5, 5.41) is 7.19. The Balaban J connectivity index is 0.000000310. The maximum absolute atomic E-state index is 10.6. The number of nitrogens with two attached hydrogens (primary N) is 1. The summed E-state index contributed by atoms with van der Waals surface area (Å²) in [7, 11) is 0. The summed E-state index contributed by atoms with van der Waals surface area (Å²) in [5.41, 5.74) is 4.80. The van der Waals surface area contributed by atoms with E-state index in [4.69, 9.17) is 9.90 Å². The Hall–Kier alpha value is -1.84. The molecule has 0 aromatic heterocycles. The van der Waals surface area contributed by atoms with Gasteiger partial charge in [0.1, 0.15) is 0 Å². The molecule has 70 valence electrons. The van der Waals surface area contributed by atoms with Crippen molar-refractivity contribution in [3.63, 3.8) is 0 Å². The number of ketones is 1. The average Bonchev–Trinajstić information content (AvgIpc) is 2.05. The molecule has 0 bridgehead atoms. The van der Waals surface area contributed by atoms with E-state index >= 15 is 0 Å². The molecule has 0 fully saturated rings. The van der Waals surface area contributed by atoms with E-state index in [2.05, 4.69) is 5.73 Å². The molecular formula is C9H11NO3. The lowest BCUT2D eigenvalue weighted by molar-refractivity contribution is 0.101. The molecule has 0 heterocycles. The predicted octanol–water partition coefficient (Wildman–Crippen LogP) is 1.51. The fraction of sp³-hybridized carbons (Fsp3) is 0.111. The Morgan fingerprint density at radius 3 is 1.85 bits per heavy atom. The van der Waals surface area contributed by atoms with Crippen molar-refractivity contribution in [2.45, 2.75) is 6.92 Å². The zero-order chi connectivity index (χ0) is 10.3. The molecule has 0 saturated carbocycles. The molecule has 13 heavy (non-hydrogen) atoms. The van der Waals surface area contributed by atoms with Gasteiger partial charge in [-0.3, -0.25) is 4.79 Å². The molecule has 0 aliphatic carbocycles. The SMILES string of the molecule is CC(=O)c1ccccc1.NC(=O)O. The summed E-state index contributed by atoms with van der Waals surface area (Å²) in [6.07, 6.45) is -1.33. The average molecular weight is 181 g/mol. The second-order valence-corrected chi connectivity index (χ2v) is 2.26. The van der Waals surface area contributed by atoms with Gasteiger partial charge in [0.2, 0.25) is 0 Å². The van der Waals surface area contributed by atoms with Gasteiger partial charge in [-0.2, -0.15) is 0 Å². The van der Waals surface area contributed by atoms with Crippen molar-refractivity contribution in [2.75, 3.05) is 0 Å². The summed E-state index contributed by atoms with van der Waals surface area (Å²) < 4.78 is 0. The third-order valence-corrected chi connectivity index (χ3v) is 1.18. The number of rotatable bonds is 1. The highest BCUT2D eigenvalue weighted by Gasteiger charge is 1.92. The van der Waals surface area contributed by atoms with Crippen LogP contribution in [0, 0.1) is 0 Å². The first-order chi connectivity index (χ1) is 6.04. The first kappa shape index (κ1) is 11.2. The highest BCUT2D eigenvalue weighted by Crippen LogP contribution is 1.97. The van der Waals surface area contributed by atoms with Gasteiger partial charge in [-0.1, -0.05) is 30.3 Å². The highest BCUT2D eigenvalue weighted by molar-refractivity contribution is 5.93. The molecule has 0 saturated heterocycles. The van der Waals surface area contributed by atoms with Crippen LogP contribution in [0.2, 0.25) is 0 Å². The minimum absolute atomic E-state index is 0.121. The van der Waals surface area contributed by atoms with Crippen molar-refractivity contribution < 1.29 is 14.7 Å². The van der Waals surface area contributed by atoms with Crippen molar-refractivity contribution in [3.05, 3.63) is 35.9 Å². The van der Waals surface area contributed by atoms with Crippen LogP contribution in [0.4, 0.5) is 4.79 Å². The van der Waals surface area contributed by atoms with Crippen LogP contribution in [-0.4, -0.2) is 17.0 Å². The number of Topliss-reactive ketones (excluding diaryl/α,β-unsaturated/α-hetero) is 1. The molecule has 4 heteroatoms. The van der Waals surface area contributed by atoms with Crippen molar-refractivity contribution in [1.82, 2.24) is 0 Å². The second-order valence-electron chi connectivity index (χ2n) is 2.26. The Kier molecular flexibility index (Phi) is 4.95. The van der Waals surface area contributed by atoms with E-state index in [1.165, 1.54) is 0 Å². The Morgan fingerprint density at radius 2 is 1.62 bits per heavy atom. The third-order valence-electron chi connectivity index (χ3n) is 1.18. The largest absolute Gasteiger partial charge is 0.465 e. The summed E-state index contributed by atoms with van der Waals surface area (Å²) in [5.74, 6) is 0.121. The molecule has 4 nitrogen and oxygen atoms in total. The third kappa shape index (κ3) is 6.55. The van der Waals surface area contributed by atoms with Gasteiger partial charge in [0.05, 0.1) is 0 Å². The van der Waals surface area contributed by atoms with Crippen LogP contribution in [0.1, 0.15) is 17.3 Å². The van der Waals surface area contributed by atoms with Crippen LogP contribution in [0.5, 0.6) is 0 Å². The van der Waals surface area contributed by atoms with Gasteiger partial charge in [-0.15, -0.1) is 0 Å². The predicted molar refractivity (Wildman–Crippen MR) is 48.7 cm³/mol. The van der Waals surface area contributed by atoms with Crippen molar-refractivity contribution in [3.8, 4) is 0 Å². The Labute approximate surface area is 76.0 Å². The van der Waals surface area contributed by atoms with E-state index in [0.29, 0.717) is 0 Å². The normalized spacial score (nSPS) is 8.08.